The fourth-order valence-electron chi connectivity index (χ4n) is 2.79. The Morgan fingerprint density at radius 2 is 1.00 bits per heavy atom. The first-order chi connectivity index (χ1) is 6.97. The number of hydrogen-bond acceptors (Lipinski definition) is 0. The van der Waals surface area contributed by atoms with Crippen molar-refractivity contribution >= 4 is 0 Å². The van der Waals surface area contributed by atoms with Crippen molar-refractivity contribution in [2.45, 2.75) is 51.4 Å². The average Bonchev–Trinajstić information content (AvgIpc) is 2.25. The number of allylic oxidation sites excluding steroid dienone is 4. The summed E-state index contributed by atoms with van der Waals surface area (Å²) in [6.07, 6.45) is 20.9. The maximum atomic E-state index is 2.44. The summed E-state index contributed by atoms with van der Waals surface area (Å²) in [7, 11) is 0. The van der Waals surface area contributed by atoms with Gasteiger partial charge in [0.1, 0.15) is 0 Å². The highest BCUT2D eigenvalue weighted by Crippen LogP contribution is 2.30. The second-order valence-corrected chi connectivity index (χ2v) is 4.80. The second kappa shape index (κ2) is 5.38. The molecule has 2 aliphatic carbocycles. The van der Waals surface area contributed by atoms with Crippen LogP contribution in [-0.4, -0.2) is 0 Å². The normalized spacial score (nSPS) is 33.7. The number of hydrogen-bond donors (Lipinski definition) is 0. The van der Waals surface area contributed by atoms with Crippen LogP contribution in [0.25, 0.3) is 0 Å². The Morgan fingerprint density at radius 3 is 1.50 bits per heavy atom. The number of rotatable bonds is 0. The molecule has 1 saturated carbocycles. The van der Waals surface area contributed by atoms with Crippen LogP contribution in [0.1, 0.15) is 51.4 Å². The molecule has 78 valence electrons. The molecular weight excluding hydrogens is 168 g/mol. The van der Waals surface area contributed by atoms with Gasteiger partial charge in [-0.15, -0.1) is 0 Å². The van der Waals surface area contributed by atoms with Crippen molar-refractivity contribution in [3.05, 3.63) is 24.3 Å². The summed E-state index contributed by atoms with van der Waals surface area (Å²) in [5.74, 6) is 1.72. The van der Waals surface area contributed by atoms with Crippen LogP contribution in [0.5, 0.6) is 0 Å². The van der Waals surface area contributed by atoms with Crippen LogP contribution in [-0.2, 0) is 0 Å². The molecule has 0 bridgehead atoms. The molecule has 0 amide bonds. The second-order valence-electron chi connectivity index (χ2n) is 4.80. The van der Waals surface area contributed by atoms with Crippen LogP contribution in [0.2, 0.25) is 0 Å². The first-order valence-corrected chi connectivity index (χ1v) is 6.32. The van der Waals surface area contributed by atoms with Crippen molar-refractivity contribution in [1.82, 2.24) is 0 Å². The summed E-state index contributed by atoms with van der Waals surface area (Å²) >= 11 is 0. The van der Waals surface area contributed by atoms with Gasteiger partial charge in [-0.05, 0) is 24.7 Å². The zero-order valence-corrected chi connectivity index (χ0v) is 9.12. The Balaban J connectivity index is 1.92. The minimum absolute atomic E-state index is 0.859. The van der Waals surface area contributed by atoms with Gasteiger partial charge in [0.2, 0.25) is 0 Å². The Kier molecular flexibility index (Phi) is 3.85. The smallest absolute Gasteiger partial charge is 0.0167 e. The molecule has 0 aromatic heterocycles. The fourth-order valence-corrected chi connectivity index (χ4v) is 2.79. The van der Waals surface area contributed by atoms with E-state index in [0.717, 1.165) is 11.8 Å². The molecule has 2 unspecified atom stereocenters. The van der Waals surface area contributed by atoms with Gasteiger partial charge in [-0.3, -0.25) is 0 Å². The lowest BCUT2D eigenvalue weighted by Crippen LogP contribution is -2.13. The maximum Gasteiger partial charge on any atom is -0.0167 e. The lowest BCUT2D eigenvalue weighted by atomic mass is 9.80. The standard InChI is InChI=1S/C14H22/c1-2-4-6-10-14-12-8-7-11-13(14)9-5-3-1/h7-8,11-14H,1-6,9-10H2. The van der Waals surface area contributed by atoms with E-state index in [-0.39, 0.29) is 0 Å². The van der Waals surface area contributed by atoms with Crippen molar-refractivity contribution in [2.24, 2.45) is 11.8 Å². The van der Waals surface area contributed by atoms with Crippen molar-refractivity contribution in [2.75, 3.05) is 0 Å². The van der Waals surface area contributed by atoms with Crippen LogP contribution in [0, 0.1) is 11.8 Å². The van der Waals surface area contributed by atoms with E-state index in [9.17, 15) is 0 Å². The summed E-state index contributed by atoms with van der Waals surface area (Å²) in [6.45, 7) is 0. The minimum atomic E-state index is 0.859. The molecule has 0 heteroatoms. The third-order valence-corrected chi connectivity index (χ3v) is 3.70. The van der Waals surface area contributed by atoms with Crippen molar-refractivity contribution < 1.29 is 0 Å². The SMILES string of the molecule is C1=CC2CCCCCCCCC2C=C1. The van der Waals surface area contributed by atoms with Gasteiger partial charge >= 0.3 is 0 Å². The fraction of sp³-hybridized carbons (Fsp3) is 0.714. The third-order valence-electron chi connectivity index (χ3n) is 3.70. The van der Waals surface area contributed by atoms with E-state index in [4.69, 9.17) is 0 Å². The van der Waals surface area contributed by atoms with E-state index in [2.05, 4.69) is 24.3 Å². The summed E-state index contributed by atoms with van der Waals surface area (Å²) in [6, 6.07) is 0. The molecule has 0 radical (unpaired) electrons. The van der Waals surface area contributed by atoms with E-state index in [1.54, 1.807) is 0 Å². The highest BCUT2D eigenvalue weighted by molar-refractivity contribution is 5.14. The molecule has 0 N–H and O–H groups in total. The topological polar surface area (TPSA) is 0 Å². The van der Waals surface area contributed by atoms with Crippen LogP contribution >= 0.6 is 0 Å². The molecule has 0 aromatic carbocycles. The highest BCUT2D eigenvalue weighted by Gasteiger charge is 2.18. The minimum Gasteiger partial charge on any atom is -0.0808 e. The van der Waals surface area contributed by atoms with Gasteiger partial charge in [0.15, 0.2) is 0 Å². The molecule has 14 heavy (non-hydrogen) atoms. The van der Waals surface area contributed by atoms with Crippen LogP contribution in [0.3, 0.4) is 0 Å². The van der Waals surface area contributed by atoms with Gasteiger partial charge in [0, 0.05) is 0 Å². The van der Waals surface area contributed by atoms with Crippen molar-refractivity contribution in [3.63, 3.8) is 0 Å². The van der Waals surface area contributed by atoms with Crippen molar-refractivity contribution in [3.8, 4) is 0 Å². The summed E-state index contributed by atoms with van der Waals surface area (Å²) in [5.41, 5.74) is 0. The van der Waals surface area contributed by atoms with E-state index in [0.29, 0.717) is 0 Å². The molecular formula is C14H22. The molecule has 0 saturated heterocycles. The number of fused-ring (bicyclic) bond motifs is 1. The molecule has 0 aromatic rings. The first-order valence-electron chi connectivity index (χ1n) is 6.32. The largest absolute Gasteiger partial charge is 0.0808 e. The van der Waals surface area contributed by atoms with E-state index in [1.165, 1.54) is 51.4 Å². The van der Waals surface area contributed by atoms with E-state index < -0.39 is 0 Å². The highest BCUT2D eigenvalue weighted by atomic mass is 14.2. The monoisotopic (exact) mass is 190 g/mol. The summed E-state index contributed by atoms with van der Waals surface area (Å²) < 4.78 is 0. The van der Waals surface area contributed by atoms with Gasteiger partial charge < -0.3 is 0 Å². The Labute approximate surface area is 88.1 Å². The van der Waals surface area contributed by atoms with Gasteiger partial charge in [0.25, 0.3) is 0 Å². The Morgan fingerprint density at radius 1 is 0.571 bits per heavy atom. The molecule has 1 fully saturated rings. The van der Waals surface area contributed by atoms with E-state index in [1.807, 2.05) is 0 Å². The lowest BCUT2D eigenvalue weighted by Gasteiger charge is -2.25. The van der Waals surface area contributed by atoms with Gasteiger partial charge in [0.05, 0.1) is 0 Å². The average molecular weight is 190 g/mol. The molecule has 0 aliphatic heterocycles. The molecule has 0 heterocycles. The molecule has 2 aliphatic rings. The van der Waals surface area contributed by atoms with Crippen LogP contribution < -0.4 is 0 Å². The molecule has 0 nitrogen and oxygen atoms in total. The zero-order valence-electron chi connectivity index (χ0n) is 9.12. The van der Waals surface area contributed by atoms with E-state index >= 15 is 0 Å². The molecule has 2 atom stereocenters. The zero-order chi connectivity index (χ0) is 9.64. The third kappa shape index (κ3) is 2.73. The van der Waals surface area contributed by atoms with Gasteiger partial charge in [-0.1, -0.05) is 62.8 Å². The summed E-state index contributed by atoms with van der Waals surface area (Å²) in [5, 5.41) is 0. The first kappa shape index (κ1) is 10.0. The molecule has 0 spiro atoms. The Bertz CT molecular complexity index is 188. The predicted molar refractivity (Wildman–Crippen MR) is 62.2 cm³/mol. The van der Waals surface area contributed by atoms with Gasteiger partial charge in [-0.25, -0.2) is 0 Å². The van der Waals surface area contributed by atoms with Gasteiger partial charge in [-0.2, -0.15) is 0 Å². The molecule has 2 rings (SSSR count). The maximum absolute atomic E-state index is 2.44. The lowest BCUT2D eigenvalue weighted by molar-refractivity contribution is 0.370. The summed E-state index contributed by atoms with van der Waals surface area (Å²) in [4.78, 5) is 0. The predicted octanol–water partition coefficient (Wildman–Crippen LogP) is 4.48. The Hall–Kier alpha value is -0.520. The quantitative estimate of drug-likeness (QED) is 0.528. The van der Waals surface area contributed by atoms with Crippen LogP contribution in [0.15, 0.2) is 24.3 Å². The van der Waals surface area contributed by atoms with Crippen LogP contribution in [0.4, 0.5) is 0 Å². The van der Waals surface area contributed by atoms with Crippen molar-refractivity contribution in [1.29, 1.82) is 0 Å².